The predicted molar refractivity (Wildman–Crippen MR) is 113 cm³/mol. The van der Waals surface area contributed by atoms with Crippen molar-refractivity contribution < 1.29 is 19.4 Å². The zero-order valence-electron chi connectivity index (χ0n) is 16.5. The average molecular weight is 415 g/mol. The first-order valence-electron chi connectivity index (χ1n) is 9.24. The summed E-state index contributed by atoms with van der Waals surface area (Å²) in [4.78, 5) is 25.7. The van der Waals surface area contributed by atoms with E-state index in [0.29, 0.717) is 27.5 Å². The van der Waals surface area contributed by atoms with Gasteiger partial charge in [0.15, 0.2) is 0 Å². The molecule has 7 heteroatoms. The van der Waals surface area contributed by atoms with Crippen molar-refractivity contribution in [2.75, 3.05) is 13.7 Å². The number of halogens is 1. The minimum absolute atomic E-state index is 0.0841. The summed E-state index contributed by atoms with van der Waals surface area (Å²) < 4.78 is 6.94. The normalized spacial score (nSPS) is 12.0. The molecule has 0 radical (unpaired) electrons. The number of ether oxygens (including phenoxy) is 1. The number of carbonyl (C=O) groups excluding carboxylic acids is 2. The minimum atomic E-state index is -0.346. The van der Waals surface area contributed by atoms with Gasteiger partial charge in [-0.15, -0.1) is 0 Å². The molecule has 2 aromatic carbocycles. The minimum Gasteiger partial charge on any atom is -0.497 e. The summed E-state index contributed by atoms with van der Waals surface area (Å²) >= 11 is 5.94. The Hall–Kier alpha value is -2.83. The van der Waals surface area contributed by atoms with Gasteiger partial charge in [-0.1, -0.05) is 11.6 Å². The lowest BCUT2D eigenvalue weighted by molar-refractivity contribution is -0.121. The number of methoxy groups -OCH3 is 1. The van der Waals surface area contributed by atoms with Crippen molar-refractivity contribution in [1.82, 2.24) is 9.88 Å². The first-order valence-corrected chi connectivity index (χ1v) is 9.62. The van der Waals surface area contributed by atoms with E-state index in [1.807, 2.05) is 19.1 Å². The molecule has 0 aliphatic rings. The van der Waals surface area contributed by atoms with Crippen LogP contribution in [0.25, 0.3) is 10.9 Å². The number of aliphatic hydroxyl groups is 1. The Bertz CT molecular complexity index is 1060. The van der Waals surface area contributed by atoms with Gasteiger partial charge < -0.3 is 15.2 Å². The highest BCUT2D eigenvalue weighted by atomic mass is 35.5. The van der Waals surface area contributed by atoms with Crippen molar-refractivity contribution in [3.8, 4) is 5.75 Å². The van der Waals surface area contributed by atoms with Gasteiger partial charge in [-0.2, -0.15) is 0 Å². The lowest BCUT2D eigenvalue weighted by atomic mass is 10.1. The SMILES string of the molecule is COc1ccc2c(c1)c(CC(=O)NC(C)CO)c(C)n2C(=O)c1ccc(Cl)cc1. The van der Waals surface area contributed by atoms with Crippen LogP contribution < -0.4 is 10.1 Å². The highest BCUT2D eigenvalue weighted by Crippen LogP contribution is 2.30. The fourth-order valence-corrected chi connectivity index (χ4v) is 3.45. The van der Waals surface area contributed by atoms with E-state index in [0.717, 1.165) is 10.9 Å². The Morgan fingerprint density at radius 2 is 1.90 bits per heavy atom. The molecule has 0 bridgehead atoms. The van der Waals surface area contributed by atoms with Crippen LogP contribution in [0.3, 0.4) is 0 Å². The van der Waals surface area contributed by atoms with Crippen molar-refractivity contribution in [1.29, 1.82) is 0 Å². The van der Waals surface area contributed by atoms with Crippen LogP contribution in [0.15, 0.2) is 42.5 Å². The van der Waals surface area contributed by atoms with Gasteiger partial charge in [0.1, 0.15) is 5.75 Å². The molecule has 152 valence electrons. The van der Waals surface area contributed by atoms with Gasteiger partial charge in [0.2, 0.25) is 5.91 Å². The average Bonchev–Trinajstić information content (AvgIpc) is 2.98. The summed E-state index contributed by atoms with van der Waals surface area (Å²) in [6.07, 6.45) is 0.0841. The van der Waals surface area contributed by atoms with E-state index in [1.165, 1.54) is 0 Å². The summed E-state index contributed by atoms with van der Waals surface area (Å²) in [5.41, 5.74) is 2.61. The fourth-order valence-electron chi connectivity index (χ4n) is 3.33. The van der Waals surface area contributed by atoms with Crippen LogP contribution in [0, 0.1) is 6.92 Å². The van der Waals surface area contributed by atoms with Gasteiger partial charge in [-0.05, 0) is 61.9 Å². The molecule has 6 nitrogen and oxygen atoms in total. The van der Waals surface area contributed by atoms with E-state index in [1.54, 1.807) is 48.9 Å². The third kappa shape index (κ3) is 4.28. The van der Waals surface area contributed by atoms with E-state index >= 15 is 0 Å². The van der Waals surface area contributed by atoms with Crippen LogP contribution >= 0.6 is 11.6 Å². The van der Waals surface area contributed by atoms with Crippen LogP contribution in [0.2, 0.25) is 5.02 Å². The number of nitrogens with zero attached hydrogens (tertiary/aromatic N) is 1. The third-order valence-corrected chi connectivity index (χ3v) is 5.11. The molecule has 1 heterocycles. The first kappa shape index (κ1) is 20.9. The summed E-state index contributed by atoms with van der Waals surface area (Å²) in [5, 5.41) is 13.2. The van der Waals surface area contributed by atoms with Gasteiger partial charge in [0.25, 0.3) is 5.91 Å². The van der Waals surface area contributed by atoms with Gasteiger partial charge in [-0.25, -0.2) is 0 Å². The molecule has 3 aromatic rings. The largest absolute Gasteiger partial charge is 0.497 e. The Morgan fingerprint density at radius 3 is 2.52 bits per heavy atom. The van der Waals surface area contributed by atoms with Crippen molar-refractivity contribution in [2.45, 2.75) is 26.3 Å². The van der Waals surface area contributed by atoms with Crippen LogP contribution in [-0.2, 0) is 11.2 Å². The Morgan fingerprint density at radius 1 is 1.21 bits per heavy atom. The zero-order chi connectivity index (χ0) is 21.1. The third-order valence-electron chi connectivity index (χ3n) is 4.85. The lowest BCUT2D eigenvalue weighted by Crippen LogP contribution is -2.36. The zero-order valence-corrected chi connectivity index (χ0v) is 17.3. The topological polar surface area (TPSA) is 80.6 Å². The maximum Gasteiger partial charge on any atom is 0.262 e. The highest BCUT2D eigenvalue weighted by molar-refractivity contribution is 6.30. The molecule has 29 heavy (non-hydrogen) atoms. The number of benzene rings is 2. The molecule has 0 aliphatic heterocycles. The van der Waals surface area contributed by atoms with Gasteiger partial charge >= 0.3 is 0 Å². The maximum atomic E-state index is 13.2. The van der Waals surface area contributed by atoms with Crippen molar-refractivity contribution in [3.05, 3.63) is 64.3 Å². The Balaban J connectivity index is 2.10. The summed E-state index contributed by atoms with van der Waals surface area (Å²) in [7, 11) is 1.57. The molecule has 0 spiro atoms. The number of hydrogen-bond donors (Lipinski definition) is 2. The molecule has 1 aromatic heterocycles. The number of fused-ring (bicyclic) bond motifs is 1. The molecule has 1 atom stereocenters. The van der Waals surface area contributed by atoms with Crippen LogP contribution in [0.4, 0.5) is 0 Å². The van der Waals surface area contributed by atoms with Crippen molar-refractivity contribution in [2.24, 2.45) is 0 Å². The maximum absolute atomic E-state index is 13.2. The number of nitrogens with one attached hydrogen (secondary N) is 1. The number of carbonyl (C=O) groups is 2. The fraction of sp³-hybridized carbons (Fsp3) is 0.273. The van der Waals surface area contributed by atoms with Crippen LogP contribution in [-0.4, -0.2) is 41.2 Å². The molecular formula is C22H23ClN2O4. The molecule has 2 N–H and O–H groups in total. The van der Waals surface area contributed by atoms with Gasteiger partial charge in [0.05, 0.1) is 25.7 Å². The standard InChI is InChI=1S/C22H23ClN2O4/c1-13(12-26)24-21(27)11-18-14(2)25(20-9-8-17(29-3)10-19(18)20)22(28)15-4-6-16(23)7-5-15/h4-10,13,26H,11-12H2,1-3H3,(H,24,27). The number of amides is 1. The molecule has 1 amide bonds. The molecule has 0 fully saturated rings. The second-order valence-corrected chi connectivity index (χ2v) is 7.36. The van der Waals surface area contributed by atoms with Crippen molar-refractivity contribution >= 4 is 34.3 Å². The Kier molecular flexibility index (Phi) is 6.25. The highest BCUT2D eigenvalue weighted by Gasteiger charge is 2.22. The molecule has 3 rings (SSSR count). The second kappa shape index (κ2) is 8.68. The molecule has 0 saturated carbocycles. The summed E-state index contributed by atoms with van der Waals surface area (Å²) in [6.45, 7) is 3.40. The van der Waals surface area contributed by atoms with Gasteiger partial charge in [0, 0.05) is 27.7 Å². The molecular weight excluding hydrogens is 392 g/mol. The smallest absolute Gasteiger partial charge is 0.262 e. The van der Waals surface area contributed by atoms with E-state index in [9.17, 15) is 14.7 Å². The number of rotatable bonds is 6. The molecule has 0 aliphatic carbocycles. The van der Waals surface area contributed by atoms with Crippen LogP contribution in [0.5, 0.6) is 5.75 Å². The van der Waals surface area contributed by atoms with E-state index in [-0.39, 0.29) is 30.9 Å². The van der Waals surface area contributed by atoms with Crippen molar-refractivity contribution in [3.63, 3.8) is 0 Å². The number of hydrogen-bond acceptors (Lipinski definition) is 4. The summed E-state index contributed by atoms with van der Waals surface area (Å²) in [6, 6.07) is 11.8. The molecule has 1 unspecified atom stereocenters. The second-order valence-electron chi connectivity index (χ2n) is 6.92. The monoisotopic (exact) mass is 414 g/mol. The van der Waals surface area contributed by atoms with E-state index in [2.05, 4.69) is 5.32 Å². The predicted octanol–water partition coefficient (Wildman–Crippen LogP) is 3.34. The van der Waals surface area contributed by atoms with E-state index < -0.39 is 0 Å². The number of aliphatic hydroxyl groups excluding tert-OH is 1. The van der Waals surface area contributed by atoms with Gasteiger partial charge in [-0.3, -0.25) is 14.2 Å². The lowest BCUT2D eigenvalue weighted by Gasteiger charge is -2.11. The van der Waals surface area contributed by atoms with Crippen LogP contribution in [0.1, 0.15) is 28.5 Å². The first-order chi connectivity index (χ1) is 13.8. The quantitative estimate of drug-likeness (QED) is 0.648. The van der Waals surface area contributed by atoms with E-state index in [4.69, 9.17) is 16.3 Å². The number of aromatic nitrogens is 1. The Labute approximate surface area is 174 Å². The molecule has 0 saturated heterocycles. The summed E-state index contributed by atoms with van der Waals surface area (Å²) in [5.74, 6) is 0.208.